The molecular formula is C7H8F4N2O2S. The van der Waals surface area contributed by atoms with Crippen molar-refractivity contribution >= 4 is 10.2 Å². The maximum atomic E-state index is 12.7. The van der Waals surface area contributed by atoms with Crippen molar-refractivity contribution in [2.75, 3.05) is 0 Å². The Bertz CT molecular complexity index is 503. The highest BCUT2D eigenvalue weighted by molar-refractivity contribution is 7.86. The zero-order valence-electron chi connectivity index (χ0n) is 8.34. The molecule has 0 unspecified atom stereocenters. The fraction of sp³-hybridized carbons (Fsp3) is 0.571. The van der Waals surface area contributed by atoms with Gasteiger partial charge in [-0.25, -0.2) is 0 Å². The molecule has 0 saturated heterocycles. The molecule has 0 aliphatic carbocycles. The van der Waals surface area contributed by atoms with Gasteiger partial charge in [0.2, 0.25) is 0 Å². The van der Waals surface area contributed by atoms with E-state index < -0.39 is 27.8 Å². The molecule has 0 aliphatic heterocycles. The molecule has 0 spiro atoms. The number of aryl methyl sites for hydroxylation is 1. The van der Waals surface area contributed by atoms with Crippen LogP contribution in [0.1, 0.15) is 11.4 Å². The number of rotatable bonds is 2. The molecule has 0 aliphatic rings. The molecule has 0 bridgehead atoms. The van der Waals surface area contributed by atoms with E-state index in [0.717, 1.165) is 13.8 Å². The Balaban J connectivity index is 3.28. The Morgan fingerprint density at radius 2 is 1.81 bits per heavy atom. The largest absolute Gasteiger partial charge is 0.408 e. The number of alkyl halides is 3. The average Bonchev–Trinajstić information content (AvgIpc) is 2.21. The molecule has 0 fully saturated rings. The summed E-state index contributed by atoms with van der Waals surface area (Å²) in [7, 11) is -5.05. The first kappa shape index (κ1) is 12.9. The molecule has 9 heteroatoms. The molecule has 0 radical (unpaired) electrons. The van der Waals surface area contributed by atoms with Crippen LogP contribution in [-0.2, 0) is 16.8 Å². The van der Waals surface area contributed by atoms with Crippen molar-refractivity contribution < 1.29 is 25.5 Å². The fourth-order valence-electron chi connectivity index (χ4n) is 1.36. The molecule has 16 heavy (non-hydrogen) atoms. The Labute approximate surface area is 89.1 Å². The molecule has 0 amide bonds. The van der Waals surface area contributed by atoms with Gasteiger partial charge >= 0.3 is 16.4 Å². The van der Waals surface area contributed by atoms with Crippen molar-refractivity contribution in [1.82, 2.24) is 9.78 Å². The van der Waals surface area contributed by atoms with Crippen LogP contribution in [0, 0.1) is 13.8 Å². The lowest BCUT2D eigenvalue weighted by molar-refractivity contribution is -0.143. The molecule has 0 N–H and O–H groups in total. The van der Waals surface area contributed by atoms with Crippen LogP contribution in [-0.4, -0.2) is 24.4 Å². The van der Waals surface area contributed by atoms with Crippen LogP contribution in [0.15, 0.2) is 4.90 Å². The first-order valence-corrected chi connectivity index (χ1v) is 5.46. The number of hydrogen-bond acceptors (Lipinski definition) is 3. The van der Waals surface area contributed by atoms with Crippen molar-refractivity contribution in [3.8, 4) is 0 Å². The first-order valence-electron chi connectivity index (χ1n) is 4.08. The van der Waals surface area contributed by atoms with Gasteiger partial charge in [0, 0.05) is 0 Å². The Kier molecular flexibility index (Phi) is 3.01. The monoisotopic (exact) mass is 260 g/mol. The molecule has 1 heterocycles. The molecular weight excluding hydrogens is 252 g/mol. The van der Waals surface area contributed by atoms with E-state index in [9.17, 15) is 25.5 Å². The lowest BCUT2D eigenvalue weighted by Crippen LogP contribution is -2.19. The minimum atomic E-state index is -5.05. The highest BCUT2D eigenvalue weighted by atomic mass is 32.3. The van der Waals surface area contributed by atoms with E-state index in [1.807, 2.05) is 0 Å². The summed E-state index contributed by atoms with van der Waals surface area (Å²) in [5.74, 6) is 0. The summed E-state index contributed by atoms with van der Waals surface area (Å²) in [6, 6.07) is 0. The summed E-state index contributed by atoms with van der Waals surface area (Å²) in [6.07, 6.45) is -4.54. The van der Waals surface area contributed by atoms with Crippen molar-refractivity contribution in [1.29, 1.82) is 0 Å². The molecule has 1 aromatic heterocycles. The normalized spacial score (nSPS) is 13.1. The molecule has 0 atom stereocenters. The second kappa shape index (κ2) is 3.72. The van der Waals surface area contributed by atoms with Gasteiger partial charge in [-0.3, -0.25) is 4.68 Å². The predicted molar refractivity (Wildman–Crippen MR) is 46.0 cm³/mol. The molecule has 1 aromatic rings. The van der Waals surface area contributed by atoms with Crippen molar-refractivity contribution in [2.24, 2.45) is 0 Å². The third-order valence-electron chi connectivity index (χ3n) is 1.89. The van der Waals surface area contributed by atoms with Gasteiger partial charge in [0.1, 0.15) is 11.4 Å². The number of halogens is 4. The number of hydrogen-bond donors (Lipinski definition) is 0. The average molecular weight is 260 g/mol. The van der Waals surface area contributed by atoms with Gasteiger partial charge in [0.05, 0.1) is 11.4 Å². The molecule has 1 rings (SSSR count). The topological polar surface area (TPSA) is 52.0 Å². The van der Waals surface area contributed by atoms with Gasteiger partial charge in [-0.1, -0.05) is 0 Å². The van der Waals surface area contributed by atoms with Crippen LogP contribution in [0.5, 0.6) is 0 Å². The first-order chi connectivity index (χ1) is 7.02. The number of aromatic nitrogens is 2. The highest BCUT2D eigenvalue weighted by Gasteiger charge is 2.32. The Morgan fingerprint density at radius 1 is 1.31 bits per heavy atom. The predicted octanol–water partition coefficient (Wildman–Crippen LogP) is 1.72. The van der Waals surface area contributed by atoms with E-state index in [4.69, 9.17) is 0 Å². The molecule has 0 aromatic carbocycles. The Hall–Kier alpha value is -1.12. The summed E-state index contributed by atoms with van der Waals surface area (Å²) in [4.78, 5) is -0.795. The van der Waals surface area contributed by atoms with Crippen molar-refractivity contribution in [2.45, 2.75) is 31.5 Å². The summed E-state index contributed by atoms with van der Waals surface area (Å²) >= 11 is 0. The summed E-state index contributed by atoms with van der Waals surface area (Å²) in [5, 5.41) is 3.34. The van der Waals surface area contributed by atoms with E-state index in [-0.39, 0.29) is 11.4 Å². The van der Waals surface area contributed by atoms with Crippen LogP contribution in [0.3, 0.4) is 0 Å². The minimum absolute atomic E-state index is 0.288. The standard InChI is InChI=1S/C7H8F4N2O2S/c1-4-6(16(11,14)15)5(2)13(12-4)3-7(8,9)10/h3H2,1-2H3. The zero-order chi connectivity index (χ0) is 12.7. The van der Waals surface area contributed by atoms with Crippen molar-refractivity contribution in [3.63, 3.8) is 0 Å². The van der Waals surface area contributed by atoms with Crippen LogP contribution in [0.4, 0.5) is 17.1 Å². The summed E-state index contributed by atoms with van der Waals surface area (Å²) in [6.45, 7) is 0.750. The lowest BCUT2D eigenvalue weighted by Gasteiger charge is -2.07. The maximum Gasteiger partial charge on any atom is 0.408 e. The van der Waals surface area contributed by atoms with Gasteiger partial charge < -0.3 is 0 Å². The van der Waals surface area contributed by atoms with E-state index in [2.05, 4.69) is 5.10 Å². The van der Waals surface area contributed by atoms with E-state index in [0.29, 0.717) is 4.68 Å². The fourth-order valence-corrected chi connectivity index (χ4v) is 2.21. The third-order valence-corrected chi connectivity index (χ3v) is 2.97. The number of nitrogens with zero attached hydrogens (tertiary/aromatic N) is 2. The smallest absolute Gasteiger partial charge is 0.259 e. The lowest BCUT2D eigenvalue weighted by atomic mass is 10.4. The van der Waals surface area contributed by atoms with E-state index in [1.54, 1.807) is 0 Å². The van der Waals surface area contributed by atoms with E-state index in [1.165, 1.54) is 0 Å². The van der Waals surface area contributed by atoms with Crippen LogP contribution >= 0.6 is 0 Å². The maximum absolute atomic E-state index is 12.7. The van der Waals surface area contributed by atoms with E-state index >= 15 is 0 Å². The third kappa shape index (κ3) is 2.71. The SMILES string of the molecule is Cc1nn(CC(F)(F)F)c(C)c1S(=O)(=O)F. The van der Waals surface area contributed by atoms with Crippen LogP contribution < -0.4 is 0 Å². The van der Waals surface area contributed by atoms with Gasteiger partial charge in [-0.05, 0) is 13.8 Å². The molecule has 4 nitrogen and oxygen atoms in total. The van der Waals surface area contributed by atoms with Gasteiger partial charge in [-0.15, -0.1) is 3.89 Å². The highest BCUT2D eigenvalue weighted by Crippen LogP contribution is 2.24. The molecule has 0 saturated carbocycles. The quantitative estimate of drug-likeness (QED) is 0.601. The summed E-state index contributed by atoms with van der Waals surface area (Å²) in [5.41, 5.74) is -0.651. The van der Waals surface area contributed by atoms with Gasteiger partial charge in [0.15, 0.2) is 0 Å². The summed E-state index contributed by atoms with van der Waals surface area (Å²) < 4.78 is 70.6. The molecule has 92 valence electrons. The van der Waals surface area contributed by atoms with Gasteiger partial charge in [-0.2, -0.15) is 26.7 Å². The van der Waals surface area contributed by atoms with Crippen LogP contribution in [0.2, 0.25) is 0 Å². The Morgan fingerprint density at radius 3 is 2.12 bits per heavy atom. The second-order valence-corrected chi connectivity index (χ2v) is 4.49. The zero-order valence-corrected chi connectivity index (χ0v) is 9.15. The van der Waals surface area contributed by atoms with Crippen LogP contribution in [0.25, 0.3) is 0 Å². The van der Waals surface area contributed by atoms with Crippen molar-refractivity contribution in [3.05, 3.63) is 11.4 Å². The minimum Gasteiger partial charge on any atom is -0.259 e. The second-order valence-electron chi connectivity index (χ2n) is 3.21. The van der Waals surface area contributed by atoms with Gasteiger partial charge in [0.25, 0.3) is 0 Å².